The van der Waals surface area contributed by atoms with Crippen LogP contribution in [-0.4, -0.2) is 60.0 Å². The van der Waals surface area contributed by atoms with Gasteiger partial charge in [-0.3, -0.25) is 14.4 Å². The van der Waals surface area contributed by atoms with Crippen LogP contribution >= 0.6 is 0 Å². The number of ether oxygens (including phenoxy) is 2. The topological polar surface area (TPSA) is 153 Å². The molecular weight excluding hydrogens is 660 g/mol. The van der Waals surface area contributed by atoms with E-state index in [9.17, 15) is 34.2 Å². The maximum absolute atomic E-state index is 13.0. The number of unbranched alkanes of at least 4 members (excludes halogenated alkanes) is 15. The van der Waals surface area contributed by atoms with E-state index >= 15 is 0 Å². The second-order valence-electron chi connectivity index (χ2n) is 13.2. The molecule has 0 bridgehead atoms. The first-order valence-corrected chi connectivity index (χ1v) is 19.2. The molecule has 0 N–H and O–H groups in total. The molecule has 10 nitrogen and oxygen atoms in total. The van der Waals surface area contributed by atoms with Gasteiger partial charge in [-0.2, -0.15) is 0 Å². The fourth-order valence-corrected chi connectivity index (χ4v) is 5.76. The van der Waals surface area contributed by atoms with Crippen molar-refractivity contribution in [3.63, 3.8) is 0 Å². The van der Waals surface area contributed by atoms with Crippen molar-refractivity contribution in [2.75, 3.05) is 13.1 Å². The summed E-state index contributed by atoms with van der Waals surface area (Å²) in [4.78, 5) is 61.9. The van der Waals surface area contributed by atoms with Gasteiger partial charge in [0.05, 0.1) is 12.8 Å². The van der Waals surface area contributed by atoms with Gasteiger partial charge in [-0.25, -0.2) is 0 Å². The predicted molar refractivity (Wildman–Crippen MR) is 183 cm³/mol. The maximum Gasteiger partial charge on any atom is 1.00 e. The quantitative estimate of drug-likeness (QED) is 0.0520. The third kappa shape index (κ3) is 33.2. The number of nitrogens with zero attached hydrogens (tertiary/aromatic N) is 1. The maximum atomic E-state index is 13.0. The van der Waals surface area contributed by atoms with Crippen LogP contribution in [0.4, 0.5) is 0 Å². The van der Waals surface area contributed by atoms with Crippen molar-refractivity contribution in [3.05, 3.63) is 0 Å². The number of carboxylic acids is 2. The second kappa shape index (κ2) is 38.1. The number of hydrogen-bond donors (Lipinski definition) is 0. The first-order valence-electron chi connectivity index (χ1n) is 19.2. The summed E-state index contributed by atoms with van der Waals surface area (Å²) >= 11 is 0. The third-order valence-electron chi connectivity index (χ3n) is 8.68. The average molecular weight is 728 g/mol. The van der Waals surface area contributed by atoms with Crippen LogP contribution in [0.25, 0.3) is 0 Å². The Morgan fingerprint density at radius 2 is 0.800 bits per heavy atom. The minimum absolute atomic E-state index is 0. The predicted octanol–water partition coefficient (Wildman–Crippen LogP) is 0.349. The van der Waals surface area contributed by atoms with E-state index in [1.165, 1.54) is 25.7 Å². The molecule has 1 amide bonds. The van der Waals surface area contributed by atoms with Gasteiger partial charge >= 0.3 is 71.1 Å². The molecule has 0 rings (SSSR count). The third-order valence-corrected chi connectivity index (χ3v) is 8.68. The molecule has 0 aliphatic heterocycles. The Hall–Kier alpha value is -0.650. The number of carbonyl (C=O) groups is 5. The first kappa shape index (κ1) is 53.7. The summed E-state index contributed by atoms with van der Waals surface area (Å²) in [6.45, 7) is 8.19. The molecule has 0 saturated heterocycles. The van der Waals surface area contributed by atoms with E-state index in [0.717, 1.165) is 103 Å². The molecule has 0 aromatic carbocycles. The number of aliphatic carboxylic acids is 2. The van der Waals surface area contributed by atoms with Gasteiger partial charge in [0.1, 0.15) is 12.2 Å². The van der Waals surface area contributed by atoms with Crippen molar-refractivity contribution in [1.29, 1.82) is 0 Å². The molecule has 2 unspecified atom stereocenters. The number of carboxylic acid groups (broad SMARTS) is 2. The molecule has 0 heterocycles. The van der Waals surface area contributed by atoms with Gasteiger partial charge in [0.15, 0.2) is 0 Å². The Morgan fingerprint density at radius 1 is 0.460 bits per heavy atom. The van der Waals surface area contributed by atoms with Gasteiger partial charge < -0.3 is 34.2 Å². The van der Waals surface area contributed by atoms with Gasteiger partial charge in [0.2, 0.25) is 5.91 Å². The van der Waals surface area contributed by atoms with E-state index in [0.29, 0.717) is 25.7 Å². The minimum atomic E-state index is -1.35. The molecule has 0 fully saturated rings. The van der Waals surface area contributed by atoms with E-state index in [-0.39, 0.29) is 77.9 Å². The van der Waals surface area contributed by atoms with Crippen molar-refractivity contribution < 1.29 is 103 Å². The zero-order chi connectivity index (χ0) is 35.8. The zero-order valence-electron chi connectivity index (χ0n) is 32.6. The molecule has 0 aromatic rings. The summed E-state index contributed by atoms with van der Waals surface area (Å²) in [5.41, 5.74) is 0. The molecule has 2 atom stereocenters. The van der Waals surface area contributed by atoms with Crippen LogP contribution in [0.1, 0.15) is 188 Å². The Labute approximate surface area is 347 Å². The fraction of sp³-hybridized carbons (Fsp3) is 0.868. The molecule has 0 aromatic heterocycles. The summed E-state index contributed by atoms with van der Waals surface area (Å²) in [6, 6.07) is 0. The molecule has 0 aliphatic carbocycles. The Balaban J connectivity index is -0.0000110. The van der Waals surface area contributed by atoms with Gasteiger partial charge in [-0.05, 0) is 57.8 Å². The number of rotatable bonds is 34. The van der Waals surface area contributed by atoms with Crippen LogP contribution < -0.4 is 69.3 Å². The molecule has 280 valence electrons. The van der Waals surface area contributed by atoms with Crippen LogP contribution in [-0.2, 0) is 33.4 Å². The van der Waals surface area contributed by atoms with E-state index in [2.05, 4.69) is 25.7 Å². The molecule has 0 aliphatic rings. The number of amides is 1. The summed E-state index contributed by atoms with van der Waals surface area (Å²) in [7, 11) is 0. The molecule has 12 heteroatoms. The van der Waals surface area contributed by atoms with Crippen LogP contribution in [0.2, 0.25) is 0 Å². The summed E-state index contributed by atoms with van der Waals surface area (Å²) in [5.74, 6) is -3.85. The number of esters is 2. The molecular formula is C38H67NNa2O9. The van der Waals surface area contributed by atoms with Gasteiger partial charge in [0.25, 0.3) is 0 Å². The molecule has 0 radical (unpaired) electrons. The Bertz CT molecular complexity index is 863. The Kier molecular flexibility index (Phi) is 40.9. The van der Waals surface area contributed by atoms with Crippen LogP contribution in [0.5, 0.6) is 0 Å². The van der Waals surface area contributed by atoms with E-state index < -0.39 is 48.9 Å². The van der Waals surface area contributed by atoms with E-state index in [1.807, 2.05) is 0 Å². The van der Waals surface area contributed by atoms with Crippen LogP contribution in [0, 0.1) is 0 Å². The SMILES string of the molecule is CCCCCCCCC(OC(=O)CCC(=O)[O-])C(CCCCCCCC(=O)N(CCCCCC)CCCCCC)OC(=O)CCC(=O)[O-].[Na+].[Na+]. The van der Waals surface area contributed by atoms with Crippen molar-refractivity contribution in [2.45, 2.75) is 200 Å². The largest absolute Gasteiger partial charge is 1.00 e. The van der Waals surface area contributed by atoms with E-state index in [1.54, 1.807) is 0 Å². The fourth-order valence-electron chi connectivity index (χ4n) is 5.76. The molecule has 50 heavy (non-hydrogen) atoms. The monoisotopic (exact) mass is 727 g/mol. The summed E-state index contributed by atoms with van der Waals surface area (Å²) in [5, 5.41) is 21.8. The standard InChI is InChI=1S/C38H69NO9.2Na/c1-4-7-10-13-15-18-23-32(47-37(45)28-26-35(41)42)33(48-38(46)29-27-36(43)44)24-19-16-14-17-20-25-34(40)39(30-21-11-8-5-2)31-22-12-9-6-3;;/h32-33H,4-31H2,1-3H3,(H,41,42)(H,43,44);;/q;2*+1/p-2. The van der Waals surface area contributed by atoms with Crippen molar-refractivity contribution in [1.82, 2.24) is 4.90 Å². The van der Waals surface area contributed by atoms with Crippen molar-refractivity contribution in [2.24, 2.45) is 0 Å². The van der Waals surface area contributed by atoms with Crippen LogP contribution in [0.15, 0.2) is 0 Å². The smallest absolute Gasteiger partial charge is 0.550 e. The van der Waals surface area contributed by atoms with Gasteiger partial charge in [-0.15, -0.1) is 0 Å². The van der Waals surface area contributed by atoms with Crippen molar-refractivity contribution >= 4 is 29.8 Å². The first-order chi connectivity index (χ1) is 23.1. The number of hydrogen-bond acceptors (Lipinski definition) is 9. The normalized spacial score (nSPS) is 11.8. The zero-order valence-corrected chi connectivity index (χ0v) is 36.6. The van der Waals surface area contributed by atoms with Crippen LogP contribution in [0.3, 0.4) is 0 Å². The Morgan fingerprint density at radius 3 is 1.18 bits per heavy atom. The summed E-state index contributed by atoms with van der Waals surface area (Å²) < 4.78 is 11.3. The second-order valence-corrected chi connectivity index (χ2v) is 13.2. The van der Waals surface area contributed by atoms with E-state index in [4.69, 9.17) is 9.47 Å². The van der Waals surface area contributed by atoms with Gasteiger partial charge in [0, 0.05) is 31.4 Å². The average Bonchev–Trinajstić information content (AvgIpc) is 3.05. The van der Waals surface area contributed by atoms with Gasteiger partial charge in [-0.1, -0.05) is 111 Å². The van der Waals surface area contributed by atoms with Crippen molar-refractivity contribution in [3.8, 4) is 0 Å². The minimum Gasteiger partial charge on any atom is -0.550 e. The summed E-state index contributed by atoms with van der Waals surface area (Å²) in [6.07, 6.45) is 17.7. The molecule has 0 saturated carbocycles. The molecule has 0 spiro atoms. The number of carbonyl (C=O) groups excluding carboxylic acids is 5.